The lowest BCUT2D eigenvalue weighted by molar-refractivity contribution is 0.0697. The summed E-state index contributed by atoms with van der Waals surface area (Å²) in [5, 5.41) is 17.5. The molecule has 1 fully saturated rings. The van der Waals surface area contributed by atoms with Crippen molar-refractivity contribution >= 4 is 5.97 Å². The number of piperidine rings is 1. The van der Waals surface area contributed by atoms with Crippen molar-refractivity contribution in [3.63, 3.8) is 0 Å². The van der Waals surface area contributed by atoms with Crippen LogP contribution in [0.25, 0.3) is 11.3 Å². The fraction of sp³-hybridized carbons (Fsp3) is 0.476. The number of carboxylic acid groups (broad SMARTS) is 1. The predicted molar refractivity (Wildman–Crippen MR) is 104 cm³/mol. The molecule has 0 atom stereocenters. The van der Waals surface area contributed by atoms with Crippen LogP contribution in [0.4, 0.5) is 4.39 Å². The molecule has 1 N–H and O–H groups in total. The van der Waals surface area contributed by atoms with E-state index in [1.54, 1.807) is 50.2 Å². The minimum Gasteiger partial charge on any atom is -0.478 e. The first-order chi connectivity index (χ1) is 13.3. The van der Waals surface area contributed by atoms with Gasteiger partial charge < -0.3 is 14.7 Å². The highest BCUT2D eigenvalue weighted by atomic mass is 19.1. The fourth-order valence-corrected chi connectivity index (χ4v) is 3.48. The van der Waals surface area contributed by atoms with Gasteiger partial charge in [-0.3, -0.25) is 0 Å². The van der Waals surface area contributed by atoms with E-state index in [0.717, 1.165) is 25.9 Å². The van der Waals surface area contributed by atoms with Crippen LogP contribution >= 0.6 is 0 Å². The zero-order valence-electron chi connectivity index (χ0n) is 16.3. The van der Waals surface area contributed by atoms with Crippen LogP contribution in [0.3, 0.4) is 0 Å². The number of rotatable bonds is 7. The summed E-state index contributed by atoms with van der Waals surface area (Å²) in [6, 6.07) is 10.1. The van der Waals surface area contributed by atoms with Crippen molar-refractivity contribution < 1.29 is 19.0 Å². The zero-order chi connectivity index (χ0) is 20.1. The van der Waals surface area contributed by atoms with Crippen molar-refractivity contribution in [2.45, 2.75) is 32.4 Å². The Labute approximate surface area is 164 Å². The van der Waals surface area contributed by atoms with E-state index in [-0.39, 0.29) is 5.56 Å². The van der Waals surface area contributed by atoms with Crippen LogP contribution in [0.15, 0.2) is 36.4 Å². The summed E-state index contributed by atoms with van der Waals surface area (Å²) in [6.45, 7) is 5.98. The lowest BCUT2D eigenvalue weighted by atomic mass is 9.97. The van der Waals surface area contributed by atoms with Gasteiger partial charge in [0.25, 0.3) is 0 Å². The Morgan fingerprint density at radius 2 is 1.93 bits per heavy atom. The Balaban J connectivity index is 1.53. The molecule has 2 heterocycles. The van der Waals surface area contributed by atoms with Crippen molar-refractivity contribution in [2.75, 3.05) is 26.2 Å². The SMILES string of the molecule is CC(C)(F)CN1CCC(COc2ccc(-c3ccccc3C(=O)O)nn2)CC1. The van der Waals surface area contributed by atoms with Gasteiger partial charge in [-0.15, -0.1) is 10.2 Å². The molecule has 1 saturated heterocycles. The first kappa shape index (κ1) is 20.2. The van der Waals surface area contributed by atoms with E-state index in [0.29, 0.717) is 36.2 Å². The summed E-state index contributed by atoms with van der Waals surface area (Å²) >= 11 is 0. The topological polar surface area (TPSA) is 75.5 Å². The number of hydrogen-bond acceptors (Lipinski definition) is 5. The largest absolute Gasteiger partial charge is 0.478 e. The van der Waals surface area contributed by atoms with Crippen LogP contribution in [0, 0.1) is 5.92 Å². The molecular formula is C21H26FN3O3. The number of carbonyl (C=O) groups is 1. The third-order valence-electron chi connectivity index (χ3n) is 4.85. The number of aromatic nitrogens is 2. The Bertz CT molecular complexity index is 797. The fourth-order valence-electron chi connectivity index (χ4n) is 3.48. The van der Waals surface area contributed by atoms with Gasteiger partial charge in [0.2, 0.25) is 5.88 Å². The van der Waals surface area contributed by atoms with Crippen molar-refractivity contribution in [2.24, 2.45) is 5.92 Å². The molecule has 150 valence electrons. The number of hydrogen-bond donors (Lipinski definition) is 1. The van der Waals surface area contributed by atoms with Gasteiger partial charge in [-0.1, -0.05) is 18.2 Å². The second-order valence-corrected chi connectivity index (χ2v) is 7.86. The molecular weight excluding hydrogens is 361 g/mol. The monoisotopic (exact) mass is 387 g/mol. The molecule has 2 aromatic rings. The van der Waals surface area contributed by atoms with Crippen molar-refractivity contribution in [3.05, 3.63) is 42.0 Å². The quantitative estimate of drug-likeness (QED) is 0.781. The molecule has 0 spiro atoms. The van der Waals surface area contributed by atoms with E-state index in [9.17, 15) is 14.3 Å². The molecule has 0 unspecified atom stereocenters. The molecule has 0 amide bonds. The van der Waals surface area contributed by atoms with Crippen LogP contribution < -0.4 is 4.74 Å². The third kappa shape index (κ3) is 5.48. The van der Waals surface area contributed by atoms with E-state index in [4.69, 9.17) is 4.74 Å². The van der Waals surface area contributed by atoms with Gasteiger partial charge in [-0.25, -0.2) is 9.18 Å². The Kier molecular flexibility index (Phi) is 6.24. The van der Waals surface area contributed by atoms with Crippen molar-refractivity contribution in [1.29, 1.82) is 0 Å². The summed E-state index contributed by atoms with van der Waals surface area (Å²) in [5.41, 5.74) is 0.0401. The van der Waals surface area contributed by atoms with E-state index in [1.807, 2.05) is 0 Å². The second-order valence-electron chi connectivity index (χ2n) is 7.86. The molecule has 0 bridgehead atoms. The molecule has 0 radical (unpaired) electrons. The summed E-state index contributed by atoms with van der Waals surface area (Å²) < 4.78 is 19.5. The highest BCUT2D eigenvalue weighted by Gasteiger charge is 2.25. The molecule has 6 nitrogen and oxygen atoms in total. The van der Waals surface area contributed by atoms with Crippen LogP contribution in [0.5, 0.6) is 5.88 Å². The second kappa shape index (κ2) is 8.65. The minimum absolute atomic E-state index is 0.189. The Morgan fingerprint density at radius 3 is 2.54 bits per heavy atom. The van der Waals surface area contributed by atoms with Crippen molar-refractivity contribution in [3.8, 4) is 17.1 Å². The molecule has 28 heavy (non-hydrogen) atoms. The first-order valence-corrected chi connectivity index (χ1v) is 9.52. The molecule has 1 aliphatic heterocycles. The van der Waals surface area contributed by atoms with Gasteiger partial charge >= 0.3 is 5.97 Å². The number of carboxylic acids is 1. The molecule has 0 aliphatic carbocycles. The van der Waals surface area contributed by atoms with Crippen LogP contribution in [0.1, 0.15) is 37.0 Å². The van der Waals surface area contributed by atoms with Crippen LogP contribution in [-0.2, 0) is 0 Å². The molecule has 3 rings (SSSR count). The van der Waals surface area contributed by atoms with Gasteiger partial charge in [0, 0.05) is 18.2 Å². The molecule has 1 aromatic heterocycles. The van der Waals surface area contributed by atoms with E-state index in [2.05, 4.69) is 15.1 Å². The zero-order valence-corrected chi connectivity index (χ0v) is 16.3. The third-order valence-corrected chi connectivity index (χ3v) is 4.85. The Hall–Kier alpha value is -2.54. The van der Waals surface area contributed by atoms with Gasteiger partial charge in [0.05, 0.1) is 17.9 Å². The van der Waals surface area contributed by atoms with Gasteiger partial charge in [0.15, 0.2) is 0 Å². The van der Waals surface area contributed by atoms with Gasteiger partial charge in [-0.2, -0.15) is 0 Å². The van der Waals surface area contributed by atoms with E-state index < -0.39 is 11.6 Å². The lowest BCUT2D eigenvalue weighted by Gasteiger charge is -2.34. The average Bonchev–Trinajstić information content (AvgIpc) is 2.67. The van der Waals surface area contributed by atoms with E-state index in [1.165, 1.54) is 0 Å². The molecule has 1 aliphatic rings. The standard InChI is InChI=1S/C21H26FN3O3/c1-21(2,22)14-25-11-9-15(10-12-25)13-28-19-8-7-18(23-24-19)16-5-3-4-6-17(16)20(26)27/h3-8,15H,9-14H2,1-2H3,(H,26,27). The summed E-state index contributed by atoms with van der Waals surface area (Å²) in [7, 11) is 0. The van der Waals surface area contributed by atoms with Gasteiger partial charge in [-0.05, 0) is 57.8 Å². The number of benzene rings is 1. The molecule has 0 saturated carbocycles. The maximum Gasteiger partial charge on any atom is 0.336 e. The summed E-state index contributed by atoms with van der Waals surface area (Å²) in [4.78, 5) is 13.5. The lowest BCUT2D eigenvalue weighted by Crippen LogP contribution is -2.41. The van der Waals surface area contributed by atoms with Crippen molar-refractivity contribution in [1.82, 2.24) is 15.1 Å². The Morgan fingerprint density at radius 1 is 1.21 bits per heavy atom. The highest BCUT2D eigenvalue weighted by molar-refractivity contribution is 5.95. The van der Waals surface area contributed by atoms with E-state index >= 15 is 0 Å². The molecule has 1 aromatic carbocycles. The average molecular weight is 387 g/mol. The number of nitrogens with zero attached hydrogens (tertiary/aromatic N) is 3. The number of alkyl halides is 1. The molecule has 7 heteroatoms. The van der Waals surface area contributed by atoms with Crippen LogP contribution in [0.2, 0.25) is 0 Å². The normalized spacial score (nSPS) is 16.1. The smallest absolute Gasteiger partial charge is 0.336 e. The van der Waals surface area contributed by atoms with Crippen LogP contribution in [-0.4, -0.2) is 58.1 Å². The first-order valence-electron chi connectivity index (χ1n) is 9.52. The highest BCUT2D eigenvalue weighted by Crippen LogP contribution is 2.24. The summed E-state index contributed by atoms with van der Waals surface area (Å²) in [6.07, 6.45) is 1.93. The predicted octanol–water partition coefficient (Wildman–Crippen LogP) is 3.68. The number of ether oxygens (including phenoxy) is 1. The summed E-state index contributed by atoms with van der Waals surface area (Å²) in [5.74, 6) is -0.169. The number of aromatic carboxylic acids is 1. The maximum atomic E-state index is 13.8. The number of halogens is 1. The van der Waals surface area contributed by atoms with Gasteiger partial charge in [0.1, 0.15) is 5.67 Å². The number of likely N-dealkylation sites (tertiary alicyclic amines) is 1. The minimum atomic E-state index is -1.17. The maximum absolute atomic E-state index is 13.8.